The quantitative estimate of drug-likeness (QED) is 0.0122. The van der Waals surface area contributed by atoms with Crippen LogP contribution in [0.4, 0.5) is 0 Å². The van der Waals surface area contributed by atoms with E-state index in [-0.39, 0.29) is 69.2 Å². The maximum Gasteiger partial charge on any atom is 0.313 e. The lowest BCUT2D eigenvalue weighted by Crippen LogP contribution is -2.52. The van der Waals surface area contributed by atoms with Gasteiger partial charge in [-0.15, -0.1) is 10.2 Å². The van der Waals surface area contributed by atoms with Crippen LogP contribution in [0.25, 0.3) is 0 Å². The Kier molecular flexibility index (Phi) is 27.4. The largest absolute Gasteiger partial charge is 0.463 e. The highest BCUT2D eigenvalue weighted by Crippen LogP contribution is 2.59. The molecule has 19 heteroatoms. The minimum atomic E-state index is -1.19. The van der Waals surface area contributed by atoms with Crippen LogP contribution in [0.5, 0.6) is 0 Å². The Morgan fingerprint density at radius 2 is 1.22 bits per heavy atom. The maximum absolute atomic E-state index is 14.9. The molecule has 0 aliphatic rings. The second kappa shape index (κ2) is 29.6. The molecule has 0 aliphatic carbocycles. The number of hydrogen-bond acceptors (Lipinski definition) is 14. The second-order valence-corrected chi connectivity index (χ2v) is 28.8. The normalized spacial score (nSPS) is 15.8. The van der Waals surface area contributed by atoms with Crippen LogP contribution in [0.15, 0.2) is 34.5 Å². The molecule has 0 saturated heterocycles. The third kappa shape index (κ3) is 22.0. The summed E-state index contributed by atoms with van der Waals surface area (Å²) in [6.07, 6.45) is 3.91. The lowest BCUT2D eigenvalue weighted by atomic mass is 9.51. The number of benzene rings is 1. The van der Waals surface area contributed by atoms with Crippen molar-refractivity contribution in [2.24, 2.45) is 54.2 Å². The van der Waals surface area contributed by atoms with Crippen molar-refractivity contribution < 1.29 is 47.6 Å². The van der Waals surface area contributed by atoms with Crippen molar-refractivity contribution in [2.75, 3.05) is 72.8 Å². The van der Waals surface area contributed by atoms with Crippen LogP contribution in [0, 0.1) is 43.8 Å². The number of nitrogens with two attached hydrogens (primary N) is 2. The molecule has 0 spiro atoms. The molecule has 3 atom stereocenters. The molecule has 2 amide bonds. The predicted molar refractivity (Wildman–Crippen MR) is 314 cm³/mol. The van der Waals surface area contributed by atoms with Gasteiger partial charge in [0.05, 0.1) is 71.8 Å². The van der Waals surface area contributed by atoms with Crippen LogP contribution in [0.1, 0.15) is 174 Å². The Morgan fingerprint density at radius 3 is 1.74 bits per heavy atom. The van der Waals surface area contributed by atoms with Crippen molar-refractivity contribution in [3.63, 3.8) is 0 Å². The molecule has 0 aromatic heterocycles. The fraction of sp³-hybridized carbons (Fsp3) is 0.776. The van der Waals surface area contributed by atoms with Gasteiger partial charge >= 0.3 is 11.9 Å². The average Bonchev–Trinajstić information content (AvgIpc) is 3.31. The summed E-state index contributed by atoms with van der Waals surface area (Å²) in [7, 11) is 1.61. The Hall–Kier alpha value is -3.80. The molecule has 0 aliphatic heterocycles. The molecule has 6 N–H and O–H groups in total. The number of carbonyl (C=O) groups excluding carboxylic acids is 4. The first-order valence-electron chi connectivity index (χ1n) is 26.8. The summed E-state index contributed by atoms with van der Waals surface area (Å²) in [5.41, 5.74) is 6.56. The number of amides is 2. The number of thioether (sulfide) groups is 1. The van der Waals surface area contributed by atoms with Crippen LogP contribution < -0.4 is 22.1 Å². The van der Waals surface area contributed by atoms with Gasteiger partial charge in [0.1, 0.15) is 19.0 Å². The summed E-state index contributed by atoms with van der Waals surface area (Å²) in [6, 6.07) is 10.1. The second-order valence-electron chi connectivity index (χ2n) is 25.3. The number of hydrogen-bond donors (Lipinski definition) is 4. The van der Waals surface area contributed by atoms with Gasteiger partial charge in [0.2, 0.25) is 11.8 Å². The van der Waals surface area contributed by atoms with Crippen molar-refractivity contribution in [3.05, 3.63) is 35.4 Å². The lowest BCUT2D eigenvalue weighted by Gasteiger charge is -2.53. The molecule has 0 heterocycles. The number of nitriles is 1. The van der Waals surface area contributed by atoms with E-state index < -0.39 is 58.7 Å². The van der Waals surface area contributed by atoms with Crippen LogP contribution in [-0.2, 0) is 53.2 Å². The van der Waals surface area contributed by atoms with Gasteiger partial charge in [0.25, 0.3) is 0 Å². The number of halogens is 1. The van der Waals surface area contributed by atoms with E-state index in [4.69, 9.17) is 39.9 Å². The lowest BCUT2D eigenvalue weighted by molar-refractivity contribution is -0.172. The first-order chi connectivity index (χ1) is 35.1. The topological polar surface area (TPSA) is 248 Å². The minimum Gasteiger partial charge on any atom is -0.463 e. The van der Waals surface area contributed by atoms with E-state index in [1.54, 1.807) is 39.6 Å². The number of carbonyl (C=O) groups is 4. The SMILES string of the molecule is COCCOCCOCCOC(=O)C(C)(CC(C)(C)C(C)(C#N)CCC(=O)NC(C)(C)CCOC(C)(C)c1ccc(/C(N)=N/N=C(/C)N)cc1)C(C)(C)CC(C)(C)CC(C)(C(=O)OCCNC(=O)C(C)(C)Br)C(C)(C)SC. The summed E-state index contributed by atoms with van der Waals surface area (Å²) >= 11 is 4.95. The molecular formula is C58H100BrN7O10S. The van der Waals surface area contributed by atoms with Gasteiger partial charge in [-0.2, -0.15) is 17.0 Å². The fourth-order valence-corrected chi connectivity index (χ4v) is 10.4. The van der Waals surface area contributed by atoms with Crippen molar-refractivity contribution in [1.82, 2.24) is 10.6 Å². The summed E-state index contributed by atoms with van der Waals surface area (Å²) in [5.74, 6) is -0.681. The zero-order valence-corrected chi connectivity index (χ0v) is 53.2. The van der Waals surface area contributed by atoms with Crippen molar-refractivity contribution in [2.45, 2.75) is 183 Å². The number of ether oxygens (including phenoxy) is 6. The van der Waals surface area contributed by atoms with Crippen molar-refractivity contribution in [3.8, 4) is 6.07 Å². The van der Waals surface area contributed by atoms with E-state index in [0.29, 0.717) is 63.7 Å². The maximum atomic E-state index is 14.9. The molecule has 3 unspecified atom stereocenters. The zero-order valence-electron chi connectivity index (χ0n) is 50.8. The third-order valence-corrected chi connectivity index (χ3v) is 17.5. The molecule has 0 saturated carbocycles. The van der Waals surface area contributed by atoms with Gasteiger partial charge < -0.3 is 50.5 Å². The first kappa shape index (κ1) is 71.2. The molecule has 440 valence electrons. The number of nitrogens with zero attached hydrogens (tertiary/aromatic N) is 3. The van der Waals surface area contributed by atoms with Crippen LogP contribution >= 0.6 is 27.7 Å². The number of esters is 2. The fourth-order valence-electron chi connectivity index (χ4n) is 9.62. The van der Waals surface area contributed by atoms with Gasteiger partial charge in [-0.1, -0.05) is 81.7 Å². The molecule has 17 nitrogen and oxygen atoms in total. The number of methoxy groups -OCH3 is 1. The molecule has 0 radical (unpaired) electrons. The third-order valence-electron chi connectivity index (χ3n) is 15.7. The summed E-state index contributed by atoms with van der Waals surface area (Å²) in [5, 5.41) is 24.8. The number of alkyl halides is 1. The zero-order chi connectivity index (χ0) is 59.5. The summed E-state index contributed by atoms with van der Waals surface area (Å²) in [4.78, 5) is 55.5. The highest BCUT2D eigenvalue weighted by Gasteiger charge is 2.58. The Morgan fingerprint density at radius 1 is 0.688 bits per heavy atom. The Labute approximate surface area is 476 Å². The summed E-state index contributed by atoms with van der Waals surface area (Å²) < 4.78 is 33.3. The Balaban J connectivity index is 3.42. The van der Waals surface area contributed by atoms with E-state index in [0.717, 1.165) is 5.56 Å². The molecule has 77 heavy (non-hydrogen) atoms. The van der Waals surface area contributed by atoms with Crippen LogP contribution in [-0.4, -0.2) is 123 Å². The van der Waals surface area contributed by atoms with E-state index in [1.165, 1.54) is 0 Å². The molecule has 1 rings (SSSR count). The van der Waals surface area contributed by atoms with Crippen LogP contribution in [0.3, 0.4) is 0 Å². The average molecular weight is 1170 g/mol. The van der Waals surface area contributed by atoms with Gasteiger partial charge in [-0.3, -0.25) is 19.2 Å². The van der Waals surface area contributed by atoms with Gasteiger partial charge in [-0.25, -0.2) is 0 Å². The molecular weight excluding hydrogens is 1070 g/mol. The van der Waals surface area contributed by atoms with Gasteiger partial charge in [-0.05, 0) is 143 Å². The molecule has 1 aromatic carbocycles. The first-order valence-corrected chi connectivity index (χ1v) is 28.8. The number of nitrogens with one attached hydrogen (secondary N) is 2. The standard InChI is InChI=1S/C58H100BrN7O10S/c1-41(61)65-66-45(62)42-21-23-43(24-22-42)54(12,13)76-29-27-52(8,9)64-44(67)25-26-56(16,40-60)50(4,5)39-57(17,47(69)75-36-35-73-34-33-72-32-31-71-19)51(6,7)37-49(2,3)38-58(18,55(14,15)77-20)48(70)74-30-28-63-46(68)53(10,11)59/h21-24H,25-39H2,1-20H3,(H2,61,65)(H2,62,66)(H,63,68)(H,64,67). The van der Waals surface area contributed by atoms with Gasteiger partial charge in [0.15, 0.2) is 5.84 Å². The summed E-state index contributed by atoms with van der Waals surface area (Å²) in [6.45, 7) is 37.3. The molecule has 1 aromatic rings. The van der Waals surface area contributed by atoms with Gasteiger partial charge in [0, 0.05) is 36.0 Å². The smallest absolute Gasteiger partial charge is 0.313 e. The van der Waals surface area contributed by atoms with Crippen molar-refractivity contribution >= 4 is 63.1 Å². The number of amidine groups is 2. The van der Waals surface area contributed by atoms with E-state index >= 15 is 0 Å². The molecule has 0 fully saturated rings. The highest BCUT2D eigenvalue weighted by molar-refractivity contribution is 9.10. The highest BCUT2D eigenvalue weighted by atomic mass is 79.9. The molecule has 0 bridgehead atoms. The number of rotatable bonds is 36. The van der Waals surface area contributed by atoms with E-state index in [2.05, 4.69) is 70.5 Å². The Bertz CT molecular complexity index is 2180. The van der Waals surface area contributed by atoms with E-state index in [1.807, 2.05) is 107 Å². The predicted octanol–water partition coefficient (Wildman–Crippen LogP) is 9.99. The van der Waals surface area contributed by atoms with E-state index in [9.17, 15) is 24.4 Å². The van der Waals surface area contributed by atoms with Crippen LogP contribution in [0.2, 0.25) is 0 Å². The van der Waals surface area contributed by atoms with Crippen molar-refractivity contribution in [1.29, 1.82) is 5.26 Å². The minimum absolute atomic E-state index is 0.00418. The monoisotopic (exact) mass is 1170 g/mol.